The molecule has 1 heterocycles. The van der Waals surface area contributed by atoms with E-state index in [0.29, 0.717) is 5.69 Å². The highest BCUT2D eigenvalue weighted by molar-refractivity contribution is 14.1. The van der Waals surface area contributed by atoms with Crippen molar-refractivity contribution in [1.29, 1.82) is 5.26 Å². The molecule has 13 heavy (non-hydrogen) atoms. The number of halogens is 1. The van der Waals surface area contributed by atoms with Crippen LogP contribution in [0.4, 0.5) is 0 Å². The molecule has 66 valence electrons. The summed E-state index contributed by atoms with van der Waals surface area (Å²) in [6.07, 6.45) is -0.147. The summed E-state index contributed by atoms with van der Waals surface area (Å²) in [6, 6.07) is 5.12. The SMILES string of the molecule is N#Cc1cc(I)cc(CC(=O)O)n1. The predicted octanol–water partition coefficient (Wildman–Crippen LogP) is 1.18. The molecule has 1 aromatic rings. The number of nitriles is 1. The Balaban J connectivity index is 3.03. The number of hydrogen-bond acceptors (Lipinski definition) is 3. The fourth-order valence-electron chi connectivity index (χ4n) is 0.853. The van der Waals surface area contributed by atoms with E-state index in [2.05, 4.69) is 4.98 Å². The minimum atomic E-state index is -0.946. The number of carbonyl (C=O) groups is 1. The summed E-state index contributed by atoms with van der Waals surface area (Å²) in [4.78, 5) is 14.2. The van der Waals surface area contributed by atoms with Gasteiger partial charge in [-0.3, -0.25) is 4.79 Å². The largest absolute Gasteiger partial charge is 0.481 e. The molecular weight excluding hydrogens is 283 g/mol. The standard InChI is InChI=1S/C8H5IN2O2/c9-5-1-6(3-8(12)13)11-7(2-5)4-10/h1-2H,3H2,(H,12,13). The van der Waals surface area contributed by atoms with E-state index < -0.39 is 5.97 Å². The molecule has 1 rings (SSSR count). The lowest BCUT2D eigenvalue weighted by Gasteiger charge is -1.97. The van der Waals surface area contributed by atoms with Crippen molar-refractivity contribution in [2.24, 2.45) is 0 Å². The zero-order valence-electron chi connectivity index (χ0n) is 6.49. The molecule has 4 nitrogen and oxygen atoms in total. The van der Waals surface area contributed by atoms with Crippen molar-refractivity contribution in [2.45, 2.75) is 6.42 Å². The average Bonchev–Trinajstić information content (AvgIpc) is 2.01. The lowest BCUT2D eigenvalue weighted by Crippen LogP contribution is -2.03. The van der Waals surface area contributed by atoms with E-state index in [9.17, 15) is 4.79 Å². The first kappa shape index (κ1) is 9.92. The Morgan fingerprint density at radius 3 is 2.92 bits per heavy atom. The maximum absolute atomic E-state index is 10.4. The molecule has 0 aliphatic rings. The fourth-order valence-corrected chi connectivity index (χ4v) is 1.51. The number of hydrogen-bond donors (Lipinski definition) is 1. The van der Waals surface area contributed by atoms with E-state index in [-0.39, 0.29) is 12.1 Å². The molecule has 5 heteroatoms. The summed E-state index contributed by atoms with van der Waals surface area (Å²) in [6.45, 7) is 0. The van der Waals surface area contributed by atoms with Gasteiger partial charge in [-0.1, -0.05) is 0 Å². The highest BCUT2D eigenvalue weighted by Crippen LogP contribution is 2.08. The Kier molecular flexibility index (Phi) is 3.19. The van der Waals surface area contributed by atoms with Gasteiger partial charge < -0.3 is 5.11 Å². The Bertz CT molecular complexity index is 384. The van der Waals surface area contributed by atoms with Gasteiger partial charge in [0.2, 0.25) is 0 Å². The van der Waals surface area contributed by atoms with E-state index >= 15 is 0 Å². The molecular formula is C8H5IN2O2. The summed E-state index contributed by atoms with van der Waals surface area (Å²) < 4.78 is 0.820. The first-order valence-corrected chi connectivity index (χ1v) is 4.48. The minimum Gasteiger partial charge on any atom is -0.481 e. The van der Waals surface area contributed by atoms with Gasteiger partial charge in [-0.05, 0) is 34.7 Å². The number of aromatic nitrogens is 1. The molecule has 0 saturated carbocycles. The lowest BCUT2D eigenvalue weighted by atomic mass is 10.2. The van der Waals surface area contributed by atoms with Gasteiger partial charge in [-0.15, -0.1) is 0 Å². The van der Waals surface area contributed by atoms with Gasteiger partial charge in [0.05, 0.1) is 12.1 Å². The van der Waals surface area contributed by atoms with Crippen molar-refractivity contribution in [1.82, 2.24) is 4.98 Å². The van der Waals surface area contributed by atoms with Crippen LogP contribution in [0.25, 0.3) is 0 Å². The van der Waals surface area contributed by atoms with Gasteiger partial charge in [-0.25, -0.2) is 4.98 Å². The smallest absolute Gasteiger partial charge is 0.309 e. The van der Waals surface area contributed by atoms with Crippen molar-refractivity contribution in [3.63, 3.8) is 0 Å². The van der Waals surface area contributed by atoms with E-state index in [0.717, 1.165) is 3.57 Å². The van der Waals surface area contributed by atoms with Crippen LogP contribution in [0.1, 0.15) is 11.4 Å². The molecule has 0 aliphatic heterocycles. The summed E-state index contributed by atoms with van der Waals surface area (Å²) in [7, 11) is 0. The van der Waals surface area contributed by atoms with Crippen LogP contribution in [-0.2, 0) is 11.2 Å². The number of aliphatic carboxylic acids is 1. The van der Waals surface area contributed by atoms with E-state index in [4.69, 9.17) is 10.4 Å². The highest BCUT2D eigenvalue weighted by atomic mass is 127. The zero-order chi connectivity index (χ0) is 9.84. The van der Waals surface area contributed by atoms with Gasteiger partial charge in [0, 0.05) is 3.57 Å². The molecule has 0 atom stereocenters. The zero-order valence-corrected chi connectivity index (χ0v) is 8.65. The third kappa shape index (κ3) is 2.99. The number of carboxylic acid groups (broad SMARTS) is 1. The molecule has 0 fully saturated rings. The Morgan fingerprint density at radius 2 is 2.38 bits per heavy atom. The Morgan fingerprint density at radius 1 is 1.69 bits per heavy atom. The molecule has 0 saturated heterocycles. The van der Waals surface area contributed by atoms with Crippen molar-refractivity contribution in [2.75, 3.05) is 0 Å². The summed E-state index contributed by atoms with van der Waals surface area (Å²) >= 11 is 2.02. The first-order valence-electron chi connectivity index (χ1n) is 3.40. The molecule has 0 spiro atoms. The molecule has 0 amide bonds. The molecule has 0 unspecified atom stereocenters. The molecule has 1 N–H and O–H groups in total. The van der Waals surface area contributed by atoms with Gasteiger partial charge in [-0.2, -0.15) is 5.26 Å². The molecule has 0 aliphatic carbocycles. The third-order valence-electron chi connectivity index (χ3n) is 1.29. The van der Waals surface area contributed by atoms with Crippen LogP contribution < -0.4 is 0 Å². The van der Waals surface area contributed by atoms with Crippen molar-refractivity contribution < 1.29 is 9.90 Å². The van der Waals surface area contributed by atoms with Crippen molar-refractivity contribution in [3.05, 3.63) is 27.1 Å². The summed E-state index contributed by atoms with van der Waals surface area (Å²) in [5, 5.41) is 17.1. The first-order chi connectivity index (χ1) is 6.11. The minimum absolute atomic E-state index is 0.147. The maximum atomic E-state index is 10.4. The third-order valence-corrected chi connectivity index (χ3v) is 1.91. The van der Waals surface area contributed by atoms with E-state index in [1.165, 1.54) is 0 Å². The maximum Gasteiger partial charge on any atom is 0.309 e. The average molecular weight is 288 g/mol. The summed E-state index contributed by atoms with van der Waals surface area (Å²) in [5.74, 6) is -0.946. The van der Waals surface area contributed by atoms with E-state index in [1.807, 2.05) is 28.7 Å². The van der Waals surface area contributed by atoms with Crippen LogP contribution in [0.3, 0.4) is 0 Å². The second kappa shape index (κ2) is 4.18. The second-order valence-electron chi connectivity index (χ2n) is 2.34. The van der Waals surface area contributed by atoms with E-state index in [1.54, 1.807) is 12.1 Å². The quantitative estimate of drug-likeness (QED) is 0.829. The number of pyridine rings is 1. The number of nitrogens with zero attached hydrogens (tertiary/aromatic N) is 2. The monoisotopic (exact) mass is 288 g/mol. The number of rotatable bonds is 2. The topological polar surface area (TPSA) is 74.0 Å². The molecule has 0 radical (unpaired) electrons. The molecule has 0 aromatic carbocycles. The van der Waals surface area contributed by atoms with Crippen molar-refractivity contribution in [3.8, 4) is 6.07 Å². The fraction of sp³-hybridized carbons (Fsp3) is 0.125. The lowest BCUT2D eigenvalue weighted by molar-refractivity contribution is -0.136. The number of carboxylic acids is 1. The normalized spacial score (nSPS) is 9.23. The van der Waals surface area contributed by atoms with Gasteiger partial charge in [0.15, 0.2) is 0 Å². The van der Waals surface area contributed by atoms with Gasteiger partial charge >= 0.3 is 5.97 Å². The predicted molar refractivity (Wildman–Crippen MR) is 53.0 cm³/mol. The Labute approximate surface area is 88.4 Å². The van der Waals surface area contributed by atoms with Crippen LogP contribution in [0.5, 0.6) is 0 Å². The van der Waals surface area contributed by atoms with Gasteiger partial charge in [0.1, 0.15) is 11.8 Å². The van der Waals surface area contributed by atoms with Crippen LogP contribution in [0, 0.1) is 14.9 Å². The van der Waals surface area contributed by atoms with Crippen LogP contribution in [0.2, 0.25) is 0 Å². The van der Waals surface area contributed by atoms with Crippen LogP contribution in [0.15, 0.2) is 12.1 Å². The Hall–Kier alpha value is -1.16. The van der Waals surface area contributed by atoms with Crippen molar-refractivity contribution >= 4 is 28.6 Å². The van der Waals surface area contributed by atoms with Crippen LogP contribution >= 0.6 is 22.6 Å². The molecule has 0 bridgehead atoms. The summed E-state index contributed by atoms with van der Waals surface area (Å²) in [5.41, 5.74) is 0.666. The second-order valence-corrected chi connectivity index (χ2v) is 3.59. The van der Waals surface area contributed by atoms with Crippen LogP contribution in [-0.4, -0.2) is 16.1 Å². The molecule has 1 aromatic heterocycles. The highest BCUT2D eigenvalue weighted by Gasteiger charge is 2.04. The van der Waals surface area contributed by atoms with Gasteiger partial charge in [0.25, 0.3) is 0 Å².